The second kappa shape index (κ2) is 4.24. The Bertz CT molecular complexity index is 124. The van der Waals surface area contributed by atoms with Gasteiger partial charge in [-0.05, 0) is 39.2 Å². The molecule has 0 spiro atoms. The molecule has 1 fully saturated rings. The molecular formula is C10H21NO. The molecule has 1 aliphatic heterocycles. The maximum Gasteiger partial charge on any atom is 0.0578 e. The number of likely N-dealkylation sites (tertiary alicyclic amines) is 1. The van der Waals surface area contributed by atoms with Crippen molar-refractivity contribution in [2.45, 2.75) is 45.8 Å². The van der Waals surface area contributed by atoms with Gasteiger partial charge in [0, 0.05) is 12.6 Å². The summed E-state index contributed by atoms with van der Waals surface area (Å²) in [5.41, 5.74) is 0. The van der Waals surface area contributed by atoms with E-state index in [0.29, 0.717) is 12.0 Å². The van der Waals surface area contributed by atoms with E-state index in [9.17, 15) is 5.11 Å². The van der Waals surface area contributed by atoms with Crippen molar-refractivity contribution in [2.24, 2.45) is 5.92 Å². The van der Waals surface area contributed by atoms with Gasteiger partial charge < -0.3 is 10.0 Å². The fraction of sp³-hybridized carbons (Fsp3) is 1.00. The highest BCUT2D eigenvalue weighted by Crippen LogP contribution is 2.18. The summed E-state index contributed by atoms with van der Waals surface area (Å²) in [6, 6.07) is 0.627. The fourth-order valence-corrected chi connectivity index (χ4v) is 1.77. The molecular weight excluding hydrogens is 150 g/mol. The lowest BCUT2D eigenvalue weighted by molar-refractivity contribution is 0.111. The third kappa shape index (κ3) is 2.46. The maximum absolute atomic E-state index is 9.63. The first kappa shape index (κ1) is 10.0. The third-order valence-electron chi connectivity index (χ3n) is 2.97. The molecule has 0 saturated carbocycles. The lowest BCUT2D eigenvalue weighted by atomic mass is 10.0. The average molecular weight is 171 g/mol. The number of hydrogen-bond donors (Lipinski definition) is 1. The Morgan fingerprint density at radius 1 is 1.25 bits per heavy atom. The van der Waals surface area contributed by atoms with Gasteiger partial charge in [0.15, 0.2) is 0 Å². The monoisotopic (exact) mass is 171 g/mol. The SMILES string of the molecule is CC(C)N1CC[C@@H](C)[C@@H](O)CC1. The summed E-state index contributed by atoms with van der Waals surface area (Å²) >= 11 is 0. The van der Waals surface area contributed by atoms with E-state index in [-0.39, 0.29) is 6.10 Å². The predicted octanol–water partition coefficient (Wildman–Crippen LogP) is 1.49. The minimum Gasteiger partial charge on any atom is -0.393 e. The molecule has 12 heavy (non-hydrogen) atoms. The first-order chi connectivity index (χ1) is 5.61. The standard InChI is InChI=1S/C10H21NO/c1-8(2)11-6-4-9(3)10(12)5-7-11/h8-10,12H,4-7H2,1-3H3/t9-,10+/m1/s1. The Kier molecular flexibility index (Phi) is 3.53. The molecule has 1 aliphatic rings. The summed E-state index contributed by atoms with van der Waals surface area (Å²) in [5.74, 6) is 0.480. The van der Waals surface area contributed by atoms with E-state index in [4.69, 9.17) is 0 Å². The van der Waals surface area contributed by atoms with Crippen LogP contribution in [0, 0.1) is 5.92 Å². The molecule has 72 valence electrons. The molecule has 0 aromatic rings. The van der Waals surface area contributed by atoms with Crippen LogP contribution in [0.1, 0.15) is 33.6 Å². The second-order valence-electron chi connectivity index (χ2n) is 4.25. The minimum atomic E-state index is -0.0752. The summed E-state index contributed by atoms with van der Waals surface area (Å²) in [5, 5.41) is 9.63. The fourth-order valence-electron chi connectivity index (χ4n) is 1.77. The molecule has 2 nitrogen and oxygen atoms in total. The molecule has 0 radical (unpaired) electrons. The van der Waals surface area contributed by atoms with Gasteiger partial charge in [-0.25, -0.2) is 0 Å². The van der Waals surface area contributed by atoms with Crippen molar-refractivity contribution in [3.63, 3.8) is 0 Å². The van der Waals surface area contributed by atoms with E-state index in [1.54, 1.807) is 0 Å². The molecule has 1 N–H and O–H groups in total. The smallest absolute Gasteiger partial charge is 0.0578 e. The summed E-state index contributed by atoms with van der Waals surface area (Å²) < 4.78 is 0. The van der Waals surface area contributed by atoms with Crippen molar-refractivity contribution in [1.82, 2.24) is 4.90 Å². The van der Waals surface area contributed by atoms with Crippen LogP contribution >= 0.6 is 0 Å². The van der Waals surface area contributed by atoms with E-state index >= 15 is 0 Å². The van der Waals surface area contributed by atoms with Gasteiger partial charge in [-0.15, -0.1) is 0 Å². The zero-order valence-corrected chi connectivity index (χ0v) is 8.45. The van der Waals surface area contributed by atoms with Gasteiger partial charge in [-0.1, -0.05) is 6.92 Å². The number of hydrogen-bond acceptors (Lipinski definition) is 2. The van der Waals surface area contributed by atoms with Crippen LogP contribution in [0.15, 0.2) is 0 Å². The quantitative estimate of drug-likeness (QED) is 0.646. The van der Waals surface area contributed by atoms with Gasteiger partial charge in [0.05, 0.1) is 6.10 Å². The average Bonchev–Trinajstić information content (AvgIpc) is 2.16. The molecule has 0 aromatic heterocycles. The Labute approximate surface area is 75.6 Å². The molecule has 0 unspecified atom stereocenters. The highest BCUT2D eigenvalue weighted by Gasteiger charge is 2.21. The van der Waals surface area contributed by atoms with Crippen molar-refractivity contribution < 1.29 is 5.11 Å². The van der Waals surface area contributed by atoms with Crippen LogP contribution in [0.25, 0.3) is 0 Å². The van der Waals surface area contributed by atoms with Crippen molar-refractivity contribution in [3.8, 4) is 0 Å². The number of aliphatic hydroxyl groups is 1. The van der Waals surface area contributed by atoms with Gasteiger partial charge in [0.2, 0.25) is 0 Å². The van der Waals surface area contributed by atoms with Crippen LogP contribution in [-0.2, 0) is 0 Å². The van der Waals surface area contributed by atoms with E-state index < -0.39 is 0 Å². The van der Waals surface area contributed by atoms with E-state index in [0.717, 1.165) is 25.9 Å². The van der Waals surface area contributed by atoms with Crippen molar-refractivity contribution in [3.05, 3.63) is 0 Å². The van der Waals surface area contributed by atoms with Crippen molar-refractivity contribution in [2.75, 3.05) is 13.1 Å². The molecule has 2 heteroatoms. The Hall–Kier alpha value is -0.0800. The zero-order chi connectivity index (χ0) is 9.14. The summed E-state index contributed by atoms with van der Waals surface area (Å²) in [6.07, 6.45) is 2.01. The van der Waals surface area contributed by atoms with Gasteiger partial charge in [-0.2, -0.15) is 0 Å². The Morgan fingerprint density at radius 3 is 2.42 bits per heavy atom. The van der Waals surface area contributed by atoms with Crippen molar-refractivity contribution in [1.29, 1.82) is 0 Å². The van der Waals surface area contributed by atoms with E-state index in [2.05, 4.69) is 25.7 Å². The van der Waals surface area contributed by atoms with Gasteiger partial charge in [0.1, 0.15) is 0 Å². The molecule has 0 amide bonds. The maximum atomic E-state index is 9.63. The van der Waals surface area contributed by atoms with Crippen LogP contribution < -0.4 is 0 Å². The lowest BCUT2D eigenvalue weighted by Crippen LogP contribution is -2.31. The Balaban J connectivity index is 2.44. The van der Waals surface area contributed by atoms with E-state index in [1.165, 1.54) is 0 Å². The van der Waals surface area contributed by atoms with Gasteiger partial charge in [0.25, 0.3) is 0 Å². The summed E-state index contributed by atoms with van der Waals surface area (Å²) in [6.45, 7) is 8.80. The molecule has 2 atom stereocenters. The predicted molar refractivity (Wildman–Crippen MR) is 51.1 cm³/mol. The largest absolute Gasteiger partial charge is 0.393 e. The molecule has 0 aromatic carbocycles. The summed E-state index contributed by atoms with van der Waals surface area (Å²) in [4.78, 5) is 2.45. The van der Waals surface area contributed by atoms with Crippen LogP contribution in [0.3, 0.4) is 0 Å². The van der Waals surface area contributed by atoms with Gasteiger partial charge >= 0.3 is 0 Å². The number of nitrogens with zero attached hydrogens (tertiary/aromatic N) is 1. The van der Waals surface area contributed by atoms with Crippen LogP contribution in [0.4, 0.5) is 0 Å². The normalized spacial score (nSPS) is 33.8. The first-order valence-electron chi connectivity index (χ1n) is 5.03. The highest BCUT2D eigenvalue weighted by atomic mass is 16.3. The molecule has 0 aliphatic carbocycles. The highest BCUT2D eigenvalue weighted by molar-refractivity contribution is 4.75. The van der Waals surface area contributed by atoms with E-state index in [1.807, 2.05) is 0 Å². The number of rotatable bonds is 1. The Morgan fingerprint density at radius 2 is 1.83 bits per heavy atom. The minimum absolute atomic E-state index is 0.0752. The third-order valence-corrected chi connectivity index (χ3v) is 2.97. The zero-order valence-electron chi connectivity index (χ0n) is 8.45. The lowest BCUT2D eigenvalue weighted by Gasteiger charge is -2.23. The second-order valence-corrected chi connectivity index (χ2v) is 4.25. The van der Waals surface area contributed by atoms with Crippen molar-refractivity contribution >= 4 is 0 Å². The molecule has 1 heterocycles. The number of aliphatic hydroxyl groups excluding tert-OH is 1. The van der Waals surface area contributed by atoms with Crippen LogP contribution in [-0.4, -0.2) is 35.2 Å². The molecule has 0 bridgehead atoms. The topological polar surface area (TPSA) is 23.5 Å². The van der Waals surface area contributed by atoms with Gasteiger partial charge in [-0.3, -0.25) is 0 Å². The molecule has 1 saturated heterocycles. The molecule has 1 rings (SSSR count). The first-order valence-corrected chi connectivity index (χ1v) is 5.03. The van der Waals surface area contributed by atoms with Crippen LogP contribution in [0.5, 0.6) is 0 Å². The summed E-state index contributed by atoms with van der Waals surface area (Å²) in [7, 11) is 0. The van der Waals surface area contributed by atoms with Crippen LogP contribution in [0.2, 0.25) is 0 Å².